The molecule has 0 spiro atoms. The molecule has 0 N–H and O–H groups in total. The highest BCUT2D eigenvalue weighted by Gasteiger charge is 2.21. The maximum atomic E-state index is 6.11. The molecule has 0 radical (unpaired) electrons. The van der Waals surface area contributed by atoms with Crippen LogP contribution in [0.3, 0.4) is 0 Å². The highest BCUT2D eigenvalue weighted by molar-refractivity contribution is 7.98. The third kappa shape index (κ3) is 3.34. The van der Waals surface area contributed by atoms with Crippen molar-refractivity contribution in [3.05, 3.63) is 72.3 Å². The van der Waals surface area contributed by atoms with Gasteiger partial charge in [-0.2, -0.15) is 5.10 Å². The molecule has 0 saturated heterocycles. The lowest BCUT2D eigenvalue weighted by molar-refractivity contribution is 0.414. The molecule has 0 aliphatic rings. The second kappa shape index (κ2) is 7.50. The Labute approximate surface area is 166 Å². The first-order valence-corrected chi connectivity index (χ1v) is 9.87. The molecule has 0 saturated carbocycles. The number of ether oxygens (including phenoxy) is 1. The van der Waals surface area contributed by atoms with E-state index >= 15 is 0 Å². The lowest BCUT2D eigenvalue weighted by Crippen LogP contribution is -2.01. The first kappa shape index (κ1) is 17.7. The summed E-state index contributed by atoms with van der Waals surface area (Å²) < 4.78 is 9.22. The van der Waals surface area contributed by atoms with Gasteiger partial charge in [0.1, 0.15) is 16.5 Å². The highest BCUT2D eigenvalue weighted by atomic mass is 35.5. The summed E-state index contributed by atoms with van der Waals surface area (Å²) in [6.07, 6.45) is 7.50. The Morgan fingerprint density at radius 1 is 1.04 bits per heavy atom. The number of aromatic nitrogens is 4. The Bertz CT molecular complexity index is 1040. The molecule has 0 unspecified atom stereocenters. The second-order valence-electron chi connectivity index (χ2n) is 5.79. The fraction of sp³-hybridized carbons (Fsp3) is 0.100. The molecular formula is C20H17ClN4OS. The third-order valence-corrected chi connectivity index (χ3v) is 5.13. The summed E-state index contributed by atoms with van der Waals surface area (Å²) in [7, 11) is 1.66. The van der Waals surface area contributed by atoms with Gasteiger partial charge in [0.05, 0.1) is 24.8 Å². The molecular weight excluding hydrogens is 380 g/mol. The number of thioether (sulfide) groups is 1. The minimum atomic E-state index is 0.698. The predicted octanol–water partition coefficient (Wildman–Crippen LogP) is 5.11. The van der Waals surface area contributed by atoms with E-state index in [4.69, 9.17) is 21.4 Å². The van der Waals surface area contributed by atoms with E-state index in [0.29, 0.717) is 5.02 Å². The Kier molecular flexibility index (Phi) is 4.92. The summed E-state index contributed by atoms with van der Waals surface area (Å²) in [6.45, 7) is 0. The van der Waals surface area contributed by atoms with E-state index in [-0.39, 0.29) is 0 Å². The molecule has 7 heteroatoms. The molecule has 2 aromatic heterocycles. The number of imidazole rings is 1. The maximum absolute atomic E-state index is 6.11. The van der Waals surface area contributed by atoms with E-state index in [0.717, 1.165) is 33.4 Å². The van der Waals surface area contributed by atoms with Gasteiger partial charge in [-0.05, 0) is 42.7 Å². The summed E-state index contributed by atoms with van der Waals surface area (Å²) in [4.78, 5) is 4.21. The average Bonchev–Trinajstić information content (AvgIpc) is 3.36. The van der Waals surface area contributed by atoms with Gasteiger partial charge >= 0.3 is 0 Å². The SMILES string of the molecule is COc1ccc(-n2nc(SC)c(-n3ccnc3)c2-c2ccc(Cl)cc2)cc1. The zero-order chi connectivity index (χ0) is 18.8. The Balaban J connectivity index is 1.98. The molecule has 0 fully saturated rings. The summed E-state index contributed by atoms with van der Waals surface area (Å²) in [6, 6.07) is 15.6. The molecule has 4 aromatic rings. The monoisotopic (exact) mass is 396 g/mol. The zero-order valence-electron chi connectivity index (χ0n) is 14.8. The quantitative estimate of drug-likeness (QED) is 0.440. The lowest BCUT2D eigenvalue weighted by Gasteiger charge is -2.11. The predicted molar refractivity (Wildman–Crippen MR) is 109 cm³/mol. The number of hydrogen-bond donors (Lipinski definition) is 0. The van der Waals surface area contributed by atoms with Gasteiger partial charge in [-0.3, -0.25) is 0 Å². The Morgan fingerprint density at radius 3 is 2.37 bits per heavy atom. The van der Waals surface area contributed by atoms with Gasteiger partial charge in [-0.1, -0.05) is 23.7 Å². The van der Waals surface area contributed by atoms with Crippen LogP contribution in [0.4, 0.5) is 0 Å². The minimum Gasteiger partial charge on any atom is -0.497 e. The van der Waals surface area contributed by atoms with Crippen LogP contribution in [0.2, 0.25) is 5.02 Å². The molecule has 5 nitrogen and oxygen atoms in total. The van der Waals surface area contributed by atoms with E-state index in [1.165, 1.54) is 0 Å². The van der Waals surface area contributed by atoms with Gasteiger partial charge in [0.15, 0.2) is 0 Å². The van der Waals surface area contributed by atoms with Gasteiger partial charge in [0.25, 0.3) is 0 Å². The number of benzene rings is 2. The van der Waals surface area contributed by atoms with Crippen molar-refractivity contribution in [1.29, 1.82) is 0 Å². The van der Waals surface area contributed by atoms with Crippen LogP contribution < -0.4 is 4.74 Å². The first-order valence-electron chi connectivity index (χ1n) is 8.27. The van der Waals surface area contributed by atoms with Crippen LogP contribution in [0, 0.1) is 0 Å². The molecule has 136 valence electrons. The van der Waals surface area contributed by atoms with Crippen LogP contribution in [0.15, 0.2) is 72.3 Å². The van der Waals surface area contributed by atoms with Crippen LogP contribution in [0.25, 0.3) is 22.6 Å². The van der Waals surface area contributed by atoms with Gasteiger partial charge in [-0.25, -0.2) is 9.67 Å². The highest BCUT2D eigenvalue weighted by Crippen LogP contribution is 2.36. The van der Waals surface area contributed by atoms with Gasteiger partial charge in [0, 0.05) is 23.0 Å². The Morgan fingerprint density at radius 2 is 1.78 bits per heavy atom. The molecule has 2 heterocycles. The number of methoxy groups -OCH3 is 1. The molecule has 0 amide bonds. The summed E-state index contributed by atoms with van der Waals surface area (Å²) in [5.74, 6) is 0.805. The fourth-order valence-electron chi connectivity index (χ4n) is 2.93. The smallest absolute Gasteiger partial charge is 0.143 e. The van der Waals surface area contributed by atoms with Gasteiger partial charge in [0.2, 0.25) is 0 Å². The third-order valence-electron chi connectivity index (χ3n) is 4.22. The van der Waals surface area contributed by atoms with Crippen molar-refractivity contribution in [1.82, 2.24) is 19.3 Å². The van der Waals surface area contributed by atoms with Crippen molar-refractivity contribution in [2.45, 2.75) is 5.03 Å². The maximum Gasteiger partial charge on any atom is 0.143 e. The van der Waals surface area contributed by atoms with Gasteiger partial charge < -0.3 is 9.30 Å². The molecule has 4 rings (SSSR count). The zero-order valence-corrected chi connectivity index (χ0v) is 16.4. The van der Waals surface area contributed by atoms with E-state index in [1.807, 2.05) is 70.2 Å². The van der Waals surface area contributed by atoms with E-state index in [1.54, 1.807) is 31.4 Å². The van der Waals surface area contributed by atoms with Crippen molar-refractivity contribution < 1.29 is 4.74 Å². The molecule has 0 atom stereocenters. The van der Waals surface area contributed by atoms with Crippen LogP contribution in [-0.2, 0) is 0 Å². The molecule has 27 heavy (non-hydrogen) atoms. The molecule has 0 aliphatic heterocycles. The van der Waals surface area contributed by atoms with Crippen molar-refractivity contribution >= 4 is 23.4 Å². The van der Waals surface area contributed by atoms with Crippen LogP contribution in [0.1, 0.15) is 0 Å². The van der Waals surface area contributed by atoms with Crippen LogP contribution in [-0.4, -0.2) is 32.7 Å². The summed E-state index contributed by atoms with van der Waals surface area (Å²) in [5, 5.41) is 6.47. The summed E-state index contributed by atoms with van der Waals surface area (Å²) in [5.41, 5.74) is 3.92. The van der Waals surface area contributed by atoms with Crippen LogP contribution in [0.5, 0.6) is 5.75 Å². The van der Waals surface area contributed by atoms with E-state index in [2.05, 4.69) is 4.98 Å². The normalized spacial score (nSPS) is 10.9. The van der Waals surface area contributed by atoms with Crippen molar-refractivity contribution in [3.63, 3.8) is 0 Å². The second-order valence-corrected chi connectivity index (χ2v) is 7.02. The van der Waals surface area contributed by atoms with E-state index < -0.39 is 0 Å². The minimum absolute atomic E-state index is 0.698. The van der Waals surface area contributed by atoms with Crippen molar-refractivity contribution in [3.8, 4) is 28.4 Å². The number of hydrogen-bond acceptors (Lipinski definition) is 4. The van der Waals surface area contributed by atoms with Crippen molar-refractivity contribution in [2.75, 3.05) is 13.4 Å². The number of nitrogens with zero attached hydrogens (tertiary/aromatic N) is 4. The van der Waals surface area contributed by atoms with E-state index in [9.17, 15) is 0 Å². The first-order chi connectivity index (χ1) is 13.2. The number of halogens is 1. The lowest BCUT2D eigenvalue weighted by atomic mass is 10.1. The summed E-state index contributed by atoms with van der Waals surface area (Å²) >= 11 is 7.70. The molecule has 2 aromatic carbocycles. The van der Waals surface area contributed by atoms with Gasteiger partial charge in [-0.15, -0.1) is 11.8 Å². The average molecular weight is 397 g/mol. The topological polar surface area (TPSA) is 44.9 Å². The molecule has 0 bridgehead atoms. The number of rotatable bonds is 5. The Hall–Kier alpha value is -2.70. The fourth-order valence-corrected chi connectivity index (χ4v) is 3.61. The largest absolute Gasteiger partial charge is 0.497 e. The molecule has 0 aliphatic carbocycles. The van der Waals surface area contributed by atoms with Crippen LogP contribution >= 0.6 is 23.4 Å². The standard InChI is InChI=1S/C20H17ClN4OS/c1-26-17-9-7-16(8-10-17)25-18(14-3-5-15(21)6-4-14)19(20(23-25)27-2)24-12-11-22-13-24/h3-13H,1-2H3. The van der Waals surface area contributed by atoms with Crippen molar-refractivity contribution in [2.24, 2.45) is 0 Å².